The molecule has 0 unspecified atom stereocenters. The molecule has 19 heavy (non-hydrogen) atoms. The van der Waals surface area contributed by atoms with Crippen molar-refractivity contribution in [1.82, 2.24) is 0 Å². The number of methoxy groups -OCH3 is 1. The lowest BCUT2D eigenvalue weighted by Gasteiger charge is -2.13. The highest BCUT2D eigenvalue weighted by molar-refractivity contribution is 5.94. The molecule has 0 aliphatic rings. The fourth-order valence-corrected chi connectivity index (χ4v) is 1.38. The number of ether oxygens (including phenoxy) is 2. The third kappa shape index (κ3) is 3.34. The number of hydrogen-bond acceptors (Lipinski definition) is 4. The van der Waals surface area contributed by atoms with Gasteiger partial charge in [-0.25, -0.2) is 13.6 Å². The third-order valence-corrected chi connectivity index (χ3v) is 2.10. The molecule has 0 aliphatic carbocycles. The second-order valence-corrected chi connectivity index (χ2v) is 3.22. The largest absolute Gasteiger partial charge is 0.465 e. The van der Waals surface area contributed by atoms with Crippen molar-refractivity contribution in [1.29, 1.82) is 5.26 Å². The highest BCUT2D eigenvalue weighted by atomic mass is 19.3. The fourth-order valence-electron chi connectivity index (χ4n) is 1.38. The summed E-state index contributed by atoms with van der Waals surface area (Å²) < 4.78 is 58.2. The number of rotatable bonds is 4. The van der Waals surface area contributed by atoms with Crippen LogP contribution >= 0.6 is 0 Å². The van der Waals surface area contributed by atoms with Gasteiger partial charge >= 0.3 is 12.6 Å². The zero-order valence-corrected chi connectivity index (χ0v) is 9.49. The number of carbonyl (C=O) groups is 1. The van der Waals surface area contributed by atoms with Crippen molar-refractivity contribution in [2.24, 2.45) is 0 Å². The Morgan fingerprint density at radius 1 is 1.32 bits per heavy atom. The van der Waals surface area contributed by atoms with Gasteiger partial charge in [0.2, 0.25) is 0 Å². The Morgan fingerprint density at radius 2 is 1.95 bits per heavy atom. The van der Waals surface area contributed by atoms with Crippen molar-refractivity contribution in [2.45, 2.75) is 13.0 Å². The van der Waals surface area contributed by atoms with Crippen molar-refractivity contribution in [3.05, 3.63) is 28.8 Å². The summed E-state index contributed by atoms with van der Waals surface area (Å²) in [6.07, 6.45) is -3.15. The molecule has 0 atom stereocenters. The molecule has 0 aliphatic heterocycles. The number of hydrogen-bond donors (Lipinski definition) is 0. The van der Waals surface area contributed by atoms with Gasteiger partial charge in [-0.3, -0.25) is 0 Å². The molecule has 0 aromatic heterocycles. The molecule has 0 heterocycles. The van der Waals surface area contributed by atoms with Crippen LogP contribution < -0.4 is 4.74 Å². The topological polar surface area (TPSA) is 59.3 Å². The molecule has 0 radical (unpaired) electrons. The van der Waals surface area contributed by atoms with Gasteiger partial charge in [-0.05, 0) is 12.1 Å². The molecule has 0 bridgehead atoms. The van der Waals surface area contributed by atoms with Crippen LogP contribution in [0.1, 0.15) is 27.9 Å². The van der Waals surface area contributed by atoms with Crippen LogP contribution in [0, 0.1) is 11.3 Å². The molecule has 102 valence electrons. The Balaban J connectivity index is 3.52. The number of carbonyl (C=O) groups excluding carboxylic acids is 1. The summed E-state index contributed by atoms with van der Waals surface area (Å²) in [5.74, 6) is -2.08. The summed E-state index contributed by atoms with van der Waals surface area (Å²) in [5, 5.41) is 8.63. The first-order valence-electron chi connectivity index (χ1n) is 4.80. The van der Waals surface area contributed by atoms with E-state index in [1.54, 1.807) is 0 Å². The molecular weight excluding hydrogens is 270 g/mol. The lowest BCUT2D eigenvalue weighted by molar-refractivity contribution is -0.0506. The van der Waals surface area contributed by atoms with Crippen LogP contribution in [0.25, 0.3) is 0 Å². The normalized spacial score (nSPS) is 10.4. The quantitative estimate of drug-likeness (QED) is 0.627. The highest BCUT2D eigenvalue weighted by Gasteiger charge is 2.26. The van der Waals surface area contributed by atoms with Gasteiger partial charge in [0.25, 0.3) is 6.43 Å². The van der Waals surface area contributed by atoms with E-state index in [1.807, 2.05) is 0 Å². The molecule has 4 nitrogen and oxygen atoms in total. The number of halogens is 4. The Labute approximate surface area is 105 Å². The van der Waals surface area contributed by atoms with Crippen LogP contribution in [0.2, 0.25) is 0 Å². The van der Waals surface area contributed by atoms with Crippen molar-refractivity contribution >= 4 is 5.97 Å². The van der Waals surface area contributed by atoms with Crippen LogP contribution in [0.5, 0.6) is 5.75 Å². The maximum absolute atomic E-state index is 12.8. The summed E-state index contributed by atoms with van der Waals surface area (Å²) in [6.45, 7) is -3.33. The van der Waals surface area contributed by atoms with Crippen LogP contribution in [-0.4, -0.2) is 19.7 Å². The third-order valence-electron chi connectivity index (χ3n) is 2.10. The van der Waals surface area contributed by atoms with Gasteiger partial charge in [0.1, 0.15) is 11.3 Å². The minimum Gasteiger partial charge on any atom is -0.465 e. The Bertz CT molecular complexity index is 525. The molecule has 0 saturated carbocycles. The summed E-state index contributed by atoms with van der Waals surface area (Å²) in [6, 6.07) is 3.00. The summed E-state index contributed by atoms with van der Waals surface area (Å²) in [5.41, 5.74) is -2.06. The summed E-state index contributed by atoms with van der Waals surface area (Å²) in [7, 11) is 0.905. The SMILES string of the molecule is COC(=O)c1c(OC(F)F)cc(C#N)cc1C(F)F. The van der Waals surface area contributed by atoms with E-state index in [1.165, 1.54) is 6.07 Å². The van der Waals surface area contributed by atoms with Crippen molar-refractivity contribution < 1.29 is 31.8 Å². The number of alkyl halides is 4. The maximum Gasteiger partial charge on any atom is 0.387 e. The van der Waals surface area contributed by atoms with E-state index < -0.39 is 35.9 Å². The molecule has 1 aromatic rings. The summed E-state index contributed by atoms with van der Waals surface area (Å²) >= 11 is 0. The average molecular weight is 277 g/mol. The van der Waals surface area contributed by atoms with E-state index in [0.717, 1.165) is 19.2 Å². The van der Waals surface area contributed by atoms with Crippen molar-refractivity contribution in [2.75, 3.05) is 7.11 Å². The van der Waals surface area contributed by atoms with Gasteiger partial charge in [-0.15, -0.1) is 0 Å². The van der Waals surface area contributed by atoms with Gasteiger partial charge in [-0.2, -0.15) is 14.0 Å². The van der Waals surface area contributed by atoms with E-state index in [2.05, 4.69) is 9.47 Å². The first-order chi connectivity index (χ1) is 8.90. The molecule has 0 spiro atoms. The zero-order chi connectivity index (χ0) is 14.6. The molecule has 1 rings (SSSR count). The first-order valence-corrected chi connectivity index (χ1v) is 4.80. The van der Waals surface area contributed by atoms with Gasteiger partial charge in [0.05, 0.1) is 18.7 Å². The Kier molecular flexibility index (Phi) is 4.69. The van der Waals surface area contributed by atoms with Crippen LogP contribution in [0.15, 0.2) is 12.1 Å². The van der Waals surface area contributed by atoms with Gasteiger partial charge in [-0.1, -0.05) is 0 Å². The number of nitrogens with zero attached hydrogens (tertiary/aromatic N) is 1. The van der Waals surface area contributed by atoms with Crippen LogP contribution in [0.4, 0.5) is 17.6 Å². The van der Waals surface area contributed by atoms with E-state index in [-0.39, 0.29) is 5.56 Å². The van der Waals surface area contributed by atoms with Gasteiger partial charge < -0.3 is 9.47 Å². The second kappa shape index (κ2) is 6.04. The smallest absolute Gasteiger partial charge is 0.387 e. The number of esters is 1. The lowest BCUT2D eigenvalue weighted by Crippen LogP contribution is -2.12. The molecule has 0 saturated heterocycles. The predicted octanol–water partition coefficient (Wildman–Crippen LogP) is 2.88. The molecule has 1 aromatic carbocycles. The zero-order valence-electron chi connectivity index (χ0n) is 9.49. The lowest BCUT2D eigenvalue weighted by atomic mass is 10.0. The van der Waals surface area contributed by atoms with Gasteiger partial charge in [0.15, 0.2) is 0 Å². The highest BCUT2D eigenvalue weighted by Crippen LogP contribution is 2.33. The second-order valence-electron chi connectivity index (χ2n) is 3.22. The fraction of sp³-hybridized carbons (Fsp3) is 0.273. The molecule has 0 N–H and O–H groups in total. The minimum atomic E-state index is -3.33. The Morgan fingerprint density at radius 3 is 2.37 bits per heavy atom. The van der Waals surface area contributed by atoms with Gasteiger partial charge in [0, 0.05) is 5.56 Å². The standard InChI is InChI=1S/C11H7F4NO3/c1-18-10(17)8-6(9(12)13)2-5(4-16)3-7(8)19-11(14)15/h2-3,9,11H,1H3. The molecule has 0 fully saturated rings. The maximum atomic E-state index is 12.8. The average Bonchev–Trinajstić information content (AvgIpc) is 2.36. The van der Waals surface area contributed by atoms with E-state index >= 15 is 0 Å². The summed E-state index contributed by atoms with van der Waals surface area (Å²) in [4.78, 5) is 11.4. The predicted molar refractivity (Wildman–Crippen MR) is 54.1 cm³/mol. The van der Waals surface area contributed by atoms with E-state index in [0.29, 0.717) is 0 Å². The minimum absolute atomic E-state index is 0.335. The van der Waals surface area contributed by atoms with Crippen LogP contribution in [0.3, 0.4) is 0 Å². The van der Waals surface area contributed by atoms with Crippen molar-refractivity contribution in [3.8, 4) is 11.8 Å². The Hall–Kier alpha value is -2.30. The van der Waals surface area contributed by atoms with Crippen LogP contribution in [-0.2, 0) is 4.74 Å². The van der Waals surface area contributed by atoms with E-state index in [9.17, 15) is 22.4 Å². The molecular formula is C11H7F4NO3. The van der Waals surface area contributed by atoms with E-state index in [4.69, 9.17) is 5.26 Å². The molecule has 8 heteroatoms. The first kappa shape index (κ1) is 14.8. The number of nitriles is 1. The monoisotopic (exact) mass is 277 g/mol. The molecule has 0 amide bonds. The van der Waals surface area contributed by atoms with Crippen molar-refractivity contribution in [3.63, 3.8) is 0 Å². The number of benzene rings is 1.